The van der Waals surface area contributed by atoms with Crippen LogP contribution in [0.2, 0.25) is 0 Å². The molecule has 0 spiro atoms. The van der Waals surface area contributed by atoms with Gasteiger partial charge in [0.05, 0.1) is 12.0 Å². The number of aryl methyl sites for hydroxylation is 1. The topological polar surface area (TPSA) is 88.3 Å². The van der Waals surface area contributed by atoms with Crippen LogP contribution in [-0.2, 0) is 26.0 Å². The third kappa shape index (κ3) is 5.37. The summed E-state index contributed by atoms with van der Waals surface area (Å²) < 4.78 is 33.4. The van der Waals surface area contributed by atoms with Crippen molar-refractivity contribution in [1.29, 1.82) is 0 Å². The van der Waals surface area contributed by atoms with Gasteiger partial charge in [-0.15, -0.1) is 0 Å². The molecular weight excluding hydrogens is 448 g/mol. The summed E-state index contributed by atoms with van der Waals surface area (Å²) in [5.74, 6) is 5.43. The Hall–Kier alpha value is -3.86. The van der Waals surface area contributed by atoms with E-state index in [1.54, 1.807) is 18.3 Å². The summed E-state index contributed by atoms with van der Waals surface area (Å²) in [6.07, 6.45) is 1.92. The maximum absolute atomic E-state index is 13.0. The molecule has 172 valence electrons. The minimum atomic E-state index is -3.97. The molecule has 1 atom stereocenters. The highest BCUT2D eigenvalue weighted by Crippen LogP contribution is 2.20. The van der Waals surface area contributed by atoms with E-state index in [-0.39, 0.29) is 11.3 Å². The molecule has 34 heavy (non-hydrogen) atoms. The van der Waals surface area contributed by atoms with Gasteiger partial charge >= 0.3 is 5.97 Å². The molecule has 1 heterocycles. The fourth-order valence-corrected chi connectivity index (χ4v) is 4.77. The standard InChI is InChI=1S/C27H24N2O4S/c1-19-7-9-20(10-8-19)11-12-21-13-15-23(16-14-21)34(31,32)29-26(27(30)33-2)17-22-18-28-25-6-4-3-5-24(22)25/h3-10,13-16,18,26,28-29H,17H2,1-2H3. The number of hydrogen-bond acceptors (Lipinski definition) is 4. The van der Waals surface area contributed by atoms with Crippen molar-refractivity contribution in [2.75, 3.05) is 7.11 Å². The smallest absolute Gasteiger partial charge is 0.324 e. The van der Waals surface area contributed by atoms with Gasteiger partial charge in [-0.3, -0.25) is 4.79 Å². The van der Waals surface area contributed by atoms with E-state index < -0.39 is 22.0 Å². The summed E-state index contributed by atoms with van der Waals surface area (Å²) in [5.41, 5.74) is 4.44. The lowest BCUT2D eigenvalue weighted by atomic mass is 10.1. The molecule has 1 unspecified atom stereocenters. The Bertz CT molecular complexity index is 1480. The highest BCUT2D eigenvalue weighted by Gasteiger charge is 2.27. The number of hydrogen-bond donors (Lipinski definition) is 2. The molecule has 3 aromatic carbocycles. The van der Waals surface area contributed by atoms with E-state index in [4.69, 9.17) is 4.74 Å². The summed E-state index contributed by atoms with van der Waals surface area (Å²) in [7, 11) is -2.73. The molecule has 0 radical (unpaired) electrons. The maximum Gasteiger partial charge on any atom is 0.324 e. The van der Waals surface area contributed by atoms with E-state index in [2.05, 4.69) is 21.5 Å². The zero-order chi connectivity index (χ0) is 24.1. The number of para-hydroxylation sites is 1. The van der Waals surface area contributed by atoms with Crippen molar-refractivity contribution in [3.05, 3.63) is 101 Å². The Morgan fingerprint density at radius 3 is 2.24 bits per heavy atom. The van der Waals surface area contributed by atoms with Crippen molar-refractivity contribution in [1.82, 2.24) is 9.71 Å². The average Bonchev–Trinajstić information content (AvgIpc) is 3.26. The monoisotopic (exact) mass is 472 g/mol. The highest BCUT2D eigenvalue weighted by atomic mass is 32.2. The molecule has 0 amide bonds. The molecule has 7 heteroatoms. The maximum atomic E-state index is 13.0. The number of carbonyl (C=O) groups is 1. The number of rotatable bonds is 6. The Morgan fingerprint density at radius 1 is 0.971 bits per heavy atom. The normalized spacial score (nSPS) is 12.1. The fraction of sp³-hybridized carbons (Fsp3) is 0.148. The molecule has 4 rings (SSSR count). The third-order valence-electron chi connectivity index (χ3n) is 5.45. The van der Waals surface area contributed by atoms with Crippen LogP contribution in [0.1, 0.15) is 22.3 Å². The number of ether oxygens (including phenoxy) is 1. The zero-order valence-electron chi connectivity index (χ0n) is 18.8. The first-order valence-corrected chi connectivity index (χ1v) is 12.2. The van der Waals surface area contributed by atoms with Crippen molar-refractivity contribution < 1.29 is 17.9 Å². The molecule has 0 aliphatic carbocycles. The van der Waals surface area contributed by atoms with E-state index >= 15 is 0 Å². The largest absolute Gasteiger partial charge is 0.468 e. The molecule has 0 saturated carbocycles. The average molecular weight is 473 g/mol. The van der Waals surface area contributed by atoms with Gasteiger partial charge in [0.2, 0.25) is 10.0 Å². The minimum Gasteiger partial charge on any atom is -0.468 e. The second kappa shape index (κ2) is 9.96. The molecule has 1 aromatic heterocycles. The Labute approximate surface area is 199 Å². The molecule has 2 N–H and O–H groups in total. The number of esters is 1. The van der Waals surface area contributed by atoms with Crippen molar-refractivity contribution in [3.63, 3.8) is 0 Å². The number of sulfonamides is 1. The van der Waals surface area contributed by atoms with Crippen LogP contribution in [0.25, 0.3) is 10.9 Å². The van der Waals surface area contributed by atoms with Crippen LogP contribution in [0.4, 0.5) is 0 Å². The number of H-pyrrole nitrogens is 1. The summed E-state index contributed by atoms with van der Waals surface area (Å²) in [6, 6.07) is 20.6. The second-order valence-corrected chi connectivity index (χ2v) is 9.62. The van der Waals surface area contributed by atoms with Gasteiger partial charge in [0, 0.05) is 34.6 Å². The number of benzene rings is 3. The summed E-state index contributed by atoms with van der Waals surface area (Å²) in [4.78, 5) is 15.6. The van der Waals surface area contributed by atoms with Crippen LogP contribution in [0.3, 0.4) is 0 Å². The highest BCUT2D eigenvalue weighted by molar-refractivity contribution is 7.89. The van der Waals surface area contributed by atoms with Crippen LogP contribution in [0, 0.1) is 18.8 Å². The first-order valence-electron chi connectivity index (χ1n) is 10.7. The quantitative estimate of drug-likeness (QED) is 0.329. The number of nitrogens with one attached hydrogen (secondary N) is 2. The Balaban J connectivity index is 1.52. The molecule has 6 nitrogen and oxygen atoms in total. The fourth-order valence-electron chi connectivity index (χ4n) is 3.59. The van der Waals surface area contributed by atoms with Crippen LogP contribution in [-0.4, -0.2) is 32.5 Å². The minimum absolute atomic E-state index is 0.0428. The molecule has 0 saturated heterocycles. The van der Waals surface area contributed by atoms with E-state index in [9.17, 15) is 13.2 Å². The predicted molar refractivity (Wildman–Crippen MR) is 132 cm³/mol. The van der Waals surface area contributed by atoms with Gasteiger partial charge in [-0.25, -0.2) is 8.42 Å². The molecule has 4 aromatic rings. The summed E-state index contributed by atoms with van der Waals surface area (Å²) in [5, 5.41) is 0.923. The zero-order valence-corrected chi connectivity index (χ0v) is 19.6. The van der Waals surface area contributed by atoms with Crippen LogP contribution >= 0.6 is 0 Å². The third-order valence-corrected chi connectivity index (χ3v) is 6.94. The van der Waals surface area contributed by atoms with Crippen LogP contribution < -0.4 is 4.72 Å². The molecular formula is C27H24N2O4S. The van der Waals surface area contributed by atoms with Gasteiger partial charge in [0.25, 0.3) is 0 Å². The van der Waals surface area contributed by atoms with Gasteiger partial charge in [-0.1, -0.05) is 47.7 Å². The van der Waals surface area contributed by atoms with E-state index in [0.717, 1.165) is 27.6 Å². The number of methoxy groups -OCH3 is 1. The van der Waals surface area contributed by atoms with Gasteiger partial charge in [0.1, 0.15) is 6.04 Å². The second-order valence-electron chi connectivity index (χ2n) is 7.90. The van der Waals surface area contributed by atoms with Crippen molar-refractivity contribution >= 4 is 26.9 Å². The van der Waals surface area contributed by atoms with Crippen molar-refractivity contribution in [2.24, 2.45) is 0 Å². The van der Waals surface area contributed by atoms with Gasteiger partial charge in [0.15, 0.2) is 0 Å². The number of carbonyl (C=O) groups excluding carboxylic acids is 1. The lowest BCUT2D eigenvalue weighted by molar-refractivity contribution is -0.142. The van der Waals surface area contributed by atoms with Crippen molar-refractivity contribution in [3.8, 4) is 11.8 Å². The van der Waals surface area contributed by atoms with E-state index in [1.165, 1.54) is 19.2 Å². The van der Waals surface area contributed by atoms with Gasteiger partial charge in [-0.2, -0.15) is 4.72 Å². The number of aromatic amines is 1. The lowest BCUT2D eigenvalue weighted by Gasteiger charge is -2.16. The van der Waals surface area contributed by atoms with Gasteiger partial charge in [-0.05, 0) is 55.0 Å². The van der Waals surface area contributed by atoms with E-state index in [1.807, 2.05) is 55.5 Å². The lowest BCUT2D eigenvalue weighted by Crippen LogP contribution is -2.42. The Kier molecular flexibility index (Phi) is 6.82. The number of aromatic nitrogens is 1. The predicted octanol–water partition coefficient (Wildman–Crippen LogP) is 3.94. The molecule has 0 fully saturated rings. The van der Waals surface area contributed by atoms with Crippen LogP contribution in [0.5, 0.6) is 0 Å². The molecule has 0 aliphatic rings. The first-order chi connectivity index (χ1) is 16.4. The van der Waals surface area contributed by atoms with Crippen LogP contribution in [0.15, 0.2) is 83.9 Å². The summed E-state index contributed by atoms with van der Waals surface area (Å²) >= 11 is 0. The number of fused-ring (bicyclic) bond motifs is 1. The molecule has 0 aliphatic heterocycles. The van der Waals surface area contributed by atoms with Gasteiger partial charge < -0.3 is 9.72 Å². The Morgan fingerprint density at radius 2 is 1.59 bits per heavy atom. The molecule has 0 bridgehead atoms. The first kappa shape index (κ1) is 23.3. The summed E-state index contributed by atoms with van der Waals surface area (Å²) in [6.45, 7) is 2.01. The SMILES string of the molecule is COC(=O)C(Cc1c[nH]c2ccccc12)NS(=O)(=O)c1ccc(C#Cc2ccc(C)cc2)cc1. The van der Waals surface area contributed by atoms with Crippen molar-refractivity contribution in [2.45, 2.75) is 24.3 Å². The van der Waals surface area contributed by atoms with E-state index in [0.29, 0.717) is 5.56 Å².